The van der Waals surface area contributed by atoms with Gasteiger partial charge in [0.2, 0.25) is 0 Å². The van der Waals surface area contributed by atoms with Crippen molar-refractivity contribution < 1.29 is 33.9 Å². The van der Waals surface area contributed by atoms with Gasteiger partial charge in [0, 0.05) is 35.5 Å². The molecule has 0 aromatic heterocycles. The van der Waals surface area contributed by atoms with Crippen LogP contribution in [0.3, 0.4) is 0 Å². The largest absolute Gasteiger partial charge is 0.382 e. The van der Waals surface area contributed by atoms with Crippen molar-refractivity contribution in [2.24, 2.45) is 0 Å². The quantitative estimate of drug-likeness (QED) is 0.667. The molecule has 0 aromatic rings. The Morgan fingerprint density at radius 2 is 1.65 bits per heavy atom. The smallest absolute Gasteiger partial charge is 0.186 e. The van der Waals surface area contributed by atoms with Crippen molar-refractivity contribution >= 4 is 0 Å². The van der Waals surface area contributed by atoms with Gasteiger partial charge in [-0.25, -0.2) is 0 Å². The van der Waals surface area contributed by atoms with Crippen LogP contribution in [0.2, 0.25) is 0 Å². The number of hydrogen-bond acceptors (Lipinski definition) is 6. The molecule has 1 rings (SSSR count). The fraction of sp³-hybridized carbons (Fsp3) is 1.00. The van der Waals surface area contributed by atoms with Crippen molar-refractivity contribution in [3.63, 3.8) is 0 Å². The van der Waals surface area contributed by atoms with Gasteiger partial charge < -0.3 is 28.4 Å². The van der Waals surface area contributed by atoms with Crippen molar-refractivity contribution in [2.75, 3.05) is 42.1 Å². The molecular formula is C11H22O6. The Bertz CT molecular complexity index is 275. The van der Waals surface area contributed by atoms with Crippen molar-refractivity contribution in [1.82, 2.24) is 0 Å². The van der Waals surface area contributed by atoms with Gasteiger partial charge in [0.1, 0.15) is 24.4 Å². The lowest BCUT2D eigenvalue weighted by Gasteiger charge is -2.44. The highest BCUT2D eigenvalue weighted by Crippen LogP contribution is 2.27. The van der Waals surface area contributed by atoms with Crippen LogP contribution >= 0.6 is 0 Å². The van der Waals surface area contributed by atoms with E-state index in [0.717, 1.165) is 0 Å². The zero-order valence-electron chi connectivity index (χ0n) is 13.9. The minimum absolute atomic E-state index is 0.0689. The topological polar surface area (TPSA) is 55.4 Å². The van der Waals surface area contributed by atoms with E-state index in [1.807, 2.05) is 0 Å². The van der Waals surface area contributed by atoms with E-state index in [2.05, 4.69) is 0 Å². The van der Waals surface area contributed by atoms with Crippen molar-refractivity contribution in [2.45, 2.75) is 30.7 Å². The SMILES string of the molecule is [2H]COC[C@H]1OC(OC)[C@H](OC[2H])[C@@H](OC[2H])[C@H]1OC[2H]. The molecule has 1 aliphatic rings. The zero-order chi connectivity index (χ0) is 15.7. The molecule has 1 unspecified atom stereocenters. The standard InChI is InChI=1S/C11H22O6/c1-12-6-7-8(13-2)9(14-3)10(15-4)11(16-5)17-7/h7-11H,6H2,1-5H3/t7-,8+,9+,10-,11?/m1/s1/i1D,2D,3D,4D. The fourth-order valence-corrected chi connectivity index (χ4v) is 1.89. The lowest BCUT2D eigenvalue weighted by molar-refractivity contribution is -0.307. The van der Waals surface area contributed by atoms with E-state index in [1.165, 1.54) is 7.11 Å². The Morgan fingerprint density at radius 1 is 0.941 bits per heavy atom. The summed E-state index contributed by atoms with van der Waals surface area (Å²) in [6.07, 6.45) is -3.61. The van der Waals surface area contributed by atoms with E-state index in [4.69, 9.17) is 33.9 Å². The molecule has 0 radical (unpaired) electrons. The monoisotopic (exact) mass is 254 g/mol. The third-order valence-electron chi connectivity index (χ3n) is 2.68. The fourth-order valence-electron chi connectivity index (χ4n) is 1.89. The number of ether oxygens (including phenoxy) is 6. The summed E-state index contributed by atoms with van der Waals surface area (Å²) >= 11 is 0. The van der Waals surface area contributed by atoms with E-state index < -0.39 is 30.7 Å². The zero-order valence-corrected chi connectivity index (χ0v) is 9.87. The highest BCUT2D eigenvalue weighted by Gasteiger charge is 2.47. The maximum Gasteiger partial charge on any atom is 0.186 e. The third-order valence-corrected chi connectivity index (χ3v) is 2.68. The normalized spacial score (nSPS) is 41.4. The molecule has 6 heteroatoms. The Morgan fingerprint density at radius 3 is 2.29 bits per heavy atom. The molecule has 6 nitrogen and oxygen atoms in total. The minimum Gasteiger partial charge on any atom is -0.382 e. The van der Waals surface area contributed by atoms with Gasteiger partial charge >= 0.3 is 0 Å². The van der Waals surface area contributed by atoms with Gasteiger partial charge in [-0.1, -0.05) is 0 Å². The van der Waals surface area contributed by atoms with Gasteiger partial charge in [0.05, 0.1) is 12.1 Å². The van der Waals surface area contributed by atoms with E-state index in [9.17, 15) is 0 Å². The molecular weight excluding hydrogens is 228 g/mol. The first kappa shape index (κ1) is 9.66. The summed E-state index contributed by atoms with van der Waals surface area (Å²) in [6.45, 7) is 0.0689. The maximum atomic E-state index is 7.24. The number of hydrogen-bond donors (Lipinski definition) is 0. The molecule has 1 saturated heterocycles. The summed E-state index contributed by atoms with van der Waals surface area (Å²) in [7, 11) is 0.211. The molecule has 0 amide bonds. The van der Waals surface area contributed by atoms with Gasteiger partial charge in [-0.3, -0.25) is 0 Å². The summed E-state index contributed by atoms with van der Waals surface area (Å²) in [4.78, 5) is 0. The summed E-state index contributed by atoms with van der Waals surface area (Å²) in [5.74, 6) is 0. The van der Waals surface area contributed by atoms with Crippen LogP contribution in [-0.4, -0.2) is 72.8 Å². The molecule has 0 spiro atoms. The maximum absolute atomic E-state index is 7.24. The van der Waals surface area contributed by atoms with Crippen LogP contribution in [-0.2, 0) is 28.4 Å². The van der Waals surface area contributed by atoms with Crippen LogP contribution < -0.4 is 0 Å². The molecule has 1 heterocycles. The van der Waals surface area contributed by atoms with Gasteiger partial charge in [0.15, 0.2) is 6.29 Å². The Kier molecular flexibility index (Phi) is 4.12. The predicted molar refractivity (Wildman–Crippen MR) is 59.9 cm³/mol. The first-order valence-corrected chi connectivity index (χ1v) is 5.01. The average Bonchev–Trinajstić information content (AvgIpc) is 2.49. The predicted octanol–water partition coefficient (Wildman–Crippen LogP) is 0.0491. The van der Waals surface area contributed by atoms with E-state index >= 15 is 0 Å². The average molecular weight is 254 g/mol. The highest BCUT2D eigenvalue weighted by molar-refractivity contribution is 4.92. The second-order valence-corrected chi connectivity index (χ2v) is 3.54. The van der Waals surface area contributed by atoms with Crippen LogP contribution in [0.25, 0.3) is 0 Å². The molecule has 0 aliphatic carbocycles. The molecule has 1 fully saturated rings. The lowest BCUT2D eigenvalue weighted by Crippen LogP contribution is -2.61. The molecule has 5 atom stereocenters. The Balaban J connectivity index is 2.91. The summed E-state index contributed by atoms with van der Waals surface area (Å²) in [5.41, 5.74) is 0. The van der Waals surface area contributed by atoms with E-state index in [1.54, 1.807) is 0 Å². The molecule has 102 valence electrons. The molecule has 0 saturated carbocycles. The summed E-state index contributed by atoms with van der Waals surface area (Å²) in [5, 5.41) is 0. The van der Waals surface area contributed by atoms with Gasteiger partial charge in [-0.05, 0) is 0 Å². The van der Waals surface area contributed by atoms with Crippen LogP contribution in [0.15, 0.2) is 0 Å². The van der Waals surface area contributed by atoms with Crippen LogP contribution in [0.1, 0.15) is 5.48 Å². The molecule has 0 aromatic carbocycles. The van der Waals surface area contributed by atoms with Gasteiger partial charge in [0.25, 0.3) is 0 Å². The van der Waals surface area contributed by atoms with E-state index in [-0.39, 0.29) is 35.0 Å². The van der Waals surface area contributed by atoms with Crippen LogP contribution in [0.4, 0.5) is 0 Å². The second kappa shape index (κ2) is 7.25. The highest BCUT2D eigenvalue weighted by atomic mass is 16.7. The molecule has 0 N–H and O–H groups in total. The molecule has 1 aliphatic heterocycles. The first-order valence-electron chi connectivity index (χ1n) is 7.84. The Hall–Kier alpha value is -0.240. The second-order valence-electron chi connectivity index (χ2n) is 3.54. The minimum atomic E-state index is -0.809. The molecule has 0 bridgehead atoms. The summed E-state index contributed by atoms with van der Waals surface area (Å²) in [6, 6.07) is 0. The van der Waals surface area contributed by atoms with Gasteiger partial charge in [-0.15, -0.1) is 0 Å². The number of methoxy groups -OCH3 is 5. The van der Waals surface area contributed by atoms with Crippen LogP contribution in [0.5, 0.6) is 0 Å². The third kappa shape index (κ3) is 3.15. The Labute approximate surface area is 108 Å². The van der Waals surface area contributed by atoms with Gasteiger partial charge in [-0.2, -0.15) is 0 Å². The van der Waals surface area contributed by atoms with Crippen LogP contribution in [0, 0.1) is 0 Å². The summed E-state index contributed by atoms with van der Waals surface area (Å²) < 4.78 is 60.5. The van der Waals surface area contributed by atoms with E-state index in [0.29, 0.717) is 0 Å². The lowest BCUT2D eigenvalue weighted by atomic mass is 9.98. The van der Waals surface area contributed by atoms with Crippen molar-refractivity contribution in [3.8, 4) is 0 Å². The molecule has 17 heavy (non-hydrogen) atoms. The van der Waals surface area contributed by atoms with Crippen molar-refractivity contribution in [3.05, 3.63) is 0 Å². The van der Waals surface area contributed by atoms with Crippen molar-refractivity contribution in [1.29, 1.82) is 0 Å². The number of rotatable bonds is 6. The first-order chi connectivity index (χ1) is 10.2.